The van der Waals surface area contributed by atoms with Gasteiger partial charge in [0, 0.05) is 6.42 Å². The third-order valence-corrected chi connectivity index (χ3v) is 3.91. The molecular formula is C15H26N4O5. The first kappa shape index (κ1) is 19.9. The van der Waals surface area contributed by atoms with Crippen LogP contribution < -0.4 is 22.1 Å². The summed E-state index contributed by atoms with van der Waals surface area (Å²) in [6.45, 7) is 3.80. The van der Waals surface area contributed by atoms with Crippen molar-refractivity contribution in [3.63, 3.8) is 0 Å². The summed E-state index contributed by atoms with van der Waals surface area (Å²) in [5, 5.41) is 13.8. The lowest BCUT2D eigenvalue weighted by Crippen LogP contribution is -2.57. The molecule has 0 unspecified atom stereocenters. The Morgan fingerprint density at radius 2 is 1.79 bits per heavy atom. The molecule has 0 radical (unpaired) electrons. The molecule has 0 bridgehead atoms. The summed E-state index contributed by atoms with van der Waals surface area (Å²) < 4.78 is 0. The topological polar surface area (TPSA) is 165 Å². The van der Waals surface area contributed by atoms with E-state index in [1.807, 2.05) is 13.8 Å². The van der Waals surface area contributed by atoms with Crippen molar-refractivity contribution in [3.05, 3.63) is 0 Å². The molecular weight excluding hydrogens is 316 g/mol. The third kappa shape index (κ3) is 5.80. The zero-order chi connectivity index (χ0) is 18.5. The highest BCUT2D eigenvalue weighted by Crippen LogP contribution is 2.36. The predicted molar refractivity (Wildman–Crippen MR) is 85.5 cm³/mol. The number of carbonyl (C=O) groups excluding carboxylic acids is 3. The monoisotopic (exact) mass is 342 g/mol. The number of hydrogen-bond donors (Lipinski definition) is 5. The van der Waals surface area contributed by atoms with Crippen molar-refractivity contribution in [2.24, 2.45) is 17.4 Å². The maximum Gasteiger partial charge on any atom is 0.303 e. The van der Waals surface area contributed by atoms with E-state index in [9.17, 15) is 19.2 Å². The molecule has 7 N–H and O–H groups in total. The lowest BCUT2D eigenvalue weighted by molar-refractivity contribution is -0.137. The second-order valence-electron chi connectivity index (χ2n) is 6.67. The van der Waals surface area contributed by atoms with Gasteiger partial charge in [0.2, 0.25) is 17.7 Å². The Morgan fingerprint density at radius 1 is 1.21 bits per heavy atom. The van der Waals surface area contributed by atoms with Crippen molar-refractivity contribution in [3.8, 4) is 0 Å². The first-order valence-corrected chi connectivity index (χ1v) is 7.97. The van der Waals surface area contributed by atoms with E-state index in [1.54, 1.807) is 0 Å². The van der Waals surface area contributed by atoms with Crippen molar-refractivity contribution >= 4 is 23.7 Å². The van der Waals surface area contributed by atoms with Crippen LogP contribution in [0, 0.1) is 5.92 Å². The lowest BCUT2D eigenvalue weighted by Gasteiger charge is -2.23. The summed E-state index contributed by atoms with van der Waals surface area (Å²) in [6.07, 6.45) is 1.03. The van der Waals surface area contributed by atoms with Gasteiger partial charge in [0.25, 0.3) is 0 Å². The number of aliphatic carboxylic acids is 1. The molecule has 0 aromatic heterocycles. The van der Waals surface area contributed by atoms with Gasteiger partial charge in [-0.1, -0.05) is 13.8 Å². The number of carboxylic acids is 1. The van der Waals surface area contributed by atoms with Crippen molar-refractivity contribution in [2.45, 2.75) is 63.6 Å². The quantitative estimate of drug-likeness (QED) is 0.336. The van der Waals surface area contributed by atoms with Crippen molar-refractivity contribution in [2.75, 3.05) is 0 Å². The fraction of sp³-hybridized carbons (Fsp3) is 0.733. The average molecular weight is 342 g/mol. The van der Waals surface area contributed by atoms with Gasteiger partial charge in [-0.15, -0.1) is 0 Å². The lowest BCUT2D eigenvalue weighted by atomic mass is 10.0. The molecule has 1 aliphatic rings. The molecule has 136 valence electrons. The zero-order valence-corrected chi connectivity index (χ0v) is 14.0. The van der Waals surface area contributed by atoms with Crippen LogP contribution >= 0.6 is 0 Å². The largest absolute Gasteiger partial charge is 0.481 e. The molecule has 1 saturated carbocycles. The maximum atomic E-state index is 12.4. The fourth-order valence-electron chi connectivity index (χ4n) is 2.29. The van der Waals surface area contributed by atoms with Crippen molar-refractivity contribution < 1.29 is 24.3 Å². The Balaban J connectivity index is 2.61. The molecule has 0 heterocycles. The van der Waals surface area contributed by atoms with Crippen LogP contribution in [0.3, 0.4) is 0 Å². The van der Waals surface area contributed by atoms with Crippen LogP contribution in [0.25, 0.3) is 0 Å². The maximum absolute atomic E-state index is 12.4. The number of amides is 3. The summed E-state index contributed by atoms with van der Waals surface area (Å²) in [6, 6.07) is -1.80. The summed E-state index contributed by atoms with van der Waals surface area (Å²) in [5.41, 5.74) is 9.85. The Bertz CT molecular complexity index is 516. The molecule has 9 nitrogen and oxygen atoms in total. The van der Waals surface area contributed by atoms with Gasteiger partial charge >= 0.3 is 5.97 Å². The van der Waals surface area contributed by atoms with E-state index in [0.717, 1.165) is 0 Å². The fourth-order valence-corrected chi connectivity index (χ4v) is 2.29. The summed E-state index contributed by atoms with van der Waals surface area (Å²) >= 11 is 0. The molecule has 9 heteroatoms. The number of hydrogen-bond acceptors (Lipinski definition) is 5. The van der Waals surface area contributed by atoms with Crippen LogP contribution in [0.2, 0.25) is 0 Å². The second-order valence-corrected chi connectivity index (χ2v) is 6.67. The highest BCUT2D eigenvalue weighted by Gasteiger charge is 2.52. The minimum Gasteiger partial charge on any atom is -0.481 e. The molecule has 0 saturated heterocycles. The van der Waals surface area contributed by atoms with Crippen LogP contribution in [-0.4, -0.2) is 46.4 Å². The van der Waals surface area contributed by atoms with E-state index >= 15 is 0 Å². The van der Waals surface area contributed by atoms with Gasteiger partial charge < -0.3 is 27.2 Å². The Hall–Kier alpha value is -2.16. The first-order chi connectivity index (χ1) is 11.1. The molecule has 1 aliphatic carbocycles. The average Bonchev–Trinajstić information content (AvgIpc) is 3.24. The van der Waals surface area contributed by atoms with Gasteiger partial charge in [0.1, 0.15) is 11.6 Å². The number of primary amides is 1. The molecule has 1 rings (SSSR count). The van der Waals surface area contributed by atoms with Crippen LogP contribution in [0.1, 0.15) is 46.0 Å². The van der Waals surface area contributed by atoms with E-state index < -0.39 is 41.3 Å². The second kappa shape index (κ2) is 8.09. The molecule has 0 aliphatic heterocycles. The van der Waals surface area contributed by atoms with Crippen molar-refractivity contribution in [1.29, 1.82) is 0 Å². The standard InChI is InChI=1S/C15H26N4O5/c1-8(2)7-10(12(17)22)18-14(24)15(5-6-15)19-13(23)9(16)3-4-11(20)21/h8-10H,3-7,16H2,1-2H3,(H2,17,22)(H,18,24)(H,19,23)(H,20,21)/t9-,10-/m0/s1. The Kier molecular flexibility index (Phi) is 6.70. The van der Waals surface area contributed by atoms with E-state index in [4.69, 9.17) is 16.6 Å². The Morgan fingerprint density at radius 3 is 2.21 bits per heavy atom. The van der Waals surface area contributed by atoms with Crippen LogP contribution in [0.4, 0.5) is 0 Å². The normalized spacial score (nSPS) is 17.7. The summed E-state index contributed by atoms with van der Waals surface area (Å²) in [4.78, 5) is 46.3. The van der Waals surface area contributed by atoms with Crippen LogP contribution in [-0.2, 0) is 19.2 Å². The molecule has 1 fully saturated rings. The SMILES string of the molecule is CC(C)C[C@H](NC(=O)C1(NC(=O)[C@@H](N)CCC(=O)O)CC1)C(N)=O. The molecule has 3 amide bonds. The molecule has 0 aromatic rings. The highest BCUT2D eigenvalue weighted by atomic mass is 16.4. The minimum atomic E-state index is -1.08. The van der Waals surface area contributed by atoms with E-state index in [0.29, 0.717) is 19.3 Å². The van der Waals surface area contributed by atoms with Gasteiger partial charge in [-0.05, 0) is 31.6 Å². The van der Waals surface area contributed by atoms with Gasteiger partial charge in [-0.25, -0.2) is 0 Å². The number of rotatable bonds is 10. The van der Waals surface area contributed by atoms with Gasteiger partial charge in [-0.2, -0.15) is 0 Å². The van der Waals surface area contributed by atoms with E-state index in [-0.39, 0.29) is 18.8 Å². The van der Waals surface area contributed by atoms with Crippen LogP contribution in [0.15, 0.2) is 0 Å². The first-order valence-electron chi connectivity index (χ1n) is 7.97. The highest BCUT2D eigenvalue weighted by molar-refractivity contribution is 5.97. The van der Waals surface area contributed by atoms with E-state index in [2.05, 4.69) is 10.6 Å². The molecule has 2 atom stereocenters. The van der Waals surface area contributed by atoms with Gasteiger partial charge in [0.05, 0.1) is 6.04 Å². The number of carbonyl (C=O) groups is 4. The third-order valence-electron chi connectivity index (χ3n) is 3.91. The Labute approximate surface area is 140 Å². The molecule has 0 spiro atoms. The van der Waals surface area contributed by atoms with Crippen molar-refractivity contribution in [1.82, 2.24) is 10.6 Å². The summed E-state index contributed by atoms with van der Waals surface area (Å²) in [5.74, 6) is -2.56. The smallest absolute Gasteiger partial charge is 0.303 e. The number of nitrogens with two attached hydrogens (primary N) is 2. The number of nitrogens with one attached hydrogen (secondary N) is 2. The molecule has 24 heavy (non-hydrogen) atoms. The van der Waals surface area contributed by atoms with Gasteiger partial charge in [0.15, 0.2) is 0 Å². The summed E-state index contributed by atoms with van der Waals surface area (Å²) in [7, 11) is 0. The number of carboxylic acid groups (broad SMARTS) is 1. The van der Waals surface area contributed by atoms with E-state index in [1.165, 1.54) is 0 Å². The molecule has 0 aromatic carbocycles. The minimum absolute atomic E-state index is 0.0177. The van der Waals surface area contributed by atoms with Crippen LogP contribution in [0.5, 0.6) is 0 Å². The zero-order valence-electron chi connectivity index (χ0n) is 14.0. The predicted octanol–water partition coefficient (Wildman–Crippen LogP) is -1.16. The van der Waals surface area contributed by atoms with Gasteiger partial charge in [-0.3, -0.25) is 19.2 Å².